The van der Waals surface area contributed by atoms with Crippen molar-refractivity contribution in [3.8, 4) is 0 Å². The quantitative estimate of drug-likeness (QED) is 0.744. The van der Waals surface area contributed by atoms with Gasteiger partial charge >= 0.3 is 0 Å². The van der Waals surface area contributed by atoms with Crippen LogP contribution in [-0.4, -0.2) is 55.8 Å². The number of anilines is 1. The van der Waals surface area contributed by atoms with Crippen LogP contribution in [0.5, 0.6) is 0 Å². The van der Waals surface area contributed by atoms with Crippen molar-refractivity contribution in [1.82, 2.24) is 9.88 Å². The Balaban J connectivity index is 1.88. The molecule has 5 heteroatoms. The predicted molar refractivity (Wildman–Crippen MR) is 67.1 cm³/mol. The Morgan fingerprint density at radius 3 is 3.06 bits per heavy atom. The number of hydrogen-bond donors (Lipinski definition) is 0. The van der Waals surface area contributed by atoms with Crippen molar-refractivity contribution in [1.29, 1.82) is 0 Å². The molecule has 4 nitrogen and oxygen atoms in total. The molecular weight excluding hydrogens is 233 g/mol. The van der Waals surface area contributed by atoms with Crippen LogP contribution < -0.4 is 4.90 Å². The summed E-state index contributed by atoms with van der Waals surface area (Å²) in [5.41, 5.74) is 0.664. The van der Waals surface area contributed by atoms with Crippen LogP contribution in [0.4, 0.5) is 10.1 Å². The van der Waals surface area contributed by atoms with E-state index in [2.05, 4.69) is 21.8 Å². The lowest BCUT2D eigenvalue weighted by atomic mass is 10.1. The molecule has 0 aromatic carbocycles. The van der Waals surface area contributed by atoms with Gasteiger partial charge in [0.2, 0.25) is 0 Å². The molecule has 3 heterocycles. The zero-order chi connectivity index (χ0) is 12.5. The van der Waals surface area contributed by atoms with Gasteiger partial charge in [-0.1, -0.05) is 0 Å². The van der Waals surface area contributed by atoms with Crippen molar-refractivity contribution in [2.24, 2.45) is 5.92 Å². The normalized spacial score (nSPS) is 29.1. The third-order valence-electron chi connectivity index (χ3n) is 3.83. The molecule has 0 spiro atoms. The first-order valence-electron chi connectivity index (χ1n) is 6.36. The Bertz CT molecular complexity index is 428. The zero-order valence-corrected chi connectivity index (χ0v) is 10.6. The number of aromatic nitrogens is 1. The van der Waals surface area contributed by atoms with E-state index in [0.717, 1.165) is 32.8 Å². The number of halogens is 1. The van der Waals surface area contributed by atoms with Gasteiger partial charge in [-0.25, -0.2) is 4.39 Å². The molecule has 0 amide bonds. The average molecular weight is 251 g/mol. The van der Waals surface area contributed by atoms with Crippen LogP contribution in [0.15, 0.2) is 18.5 Å². The summed E-state index contributed by atoms with van der Waals surface area (Å²) in [6.07, 6.45) is 2.94. The predicted octanol–water partition coefficient (Wildman–Crippen LogP) is 0.987. The first-order chi connectivity index (χ1) is 8.74. The van der Waals surface area contributed by atoms with E-state index < -0.39 is 0 Å². The molecule has 2 aliphatic heterocycles. The van der Waals surface area contributed by atoms with Crippen LogP contribution >= 0.6 is 0 Å². The molecule has 1 aromatic rings. The van der Waals surface area contributed by atoms with Crippen LogP contribution in [0, 0.1) is 11.7 Å². The molecule has 0 radical (unpaired) electrons. The van der Waals surface area contributed by atoms with Gasteiger partial charge in [0.1, 0.15) is 0 Å². The average Bonchev–Trinajstić information content (AvgIpc) is 2.58. The SMILES string of the molecule is CN1C[C@H]2COC[C@@H]1CN(c1ccncc1F)C2. The zero-order valence-electron chi connectivity index (χ0n) is 10.6. The molecule has 2 aliphatic rings. The maximum atomic E-state index is 13.8. The van der Waals surface area contributed by atoms with Gasteiger partial charge < -0.3 is 9.64 Å². The molecular formula is C13H18FN3O. The maximum Gasteiger partial charge on any atom is 0.164 e. The third-order valence-corrected chi connectivity index (χ3v) is 3.83. The van der Waals surface area contributed by atoms with E-state index in [-0.39, 0.29) is 5.82 Å². The van der Waals surface area contributed by atoms with E-state index >= 15 is 0 Å². The molecule has 3 rings (SSSR count). The molecule has 2 bridgehead atoms. The molecule has 1 aromatic heterocycles. The molecule has 0 saturated carbocycles. The monoisotopic (exact) mass is 251 g/mol. The number of rotatable bonds is 1. The number of fused-ring (bicyclic) bond motifs is 3. The highest BCUT2D eigenvalue weighted by Crippen LogP contribution is 2.25. The Kier molecular flexibility index (Phi) is 3.18. The first-order valence-corrected chi connectivity index (χ1v) is 6.36. The fraction of sp³-hybridized carbons (Fsp3) is 0.615. The summed E-state index contributed by atoms with van der Waals surface area (Å²) < 4.78 is 19.5. The largest absolute Gasteiger partial charge is 0.379 e. The number of hydrogen-bond acceptors (Lipinski definition) is 4. The second-order valence-corrected chi connectivity index (χ2v) is 5.23. The van der Waals surface area contributed by atoms with Crippen molar-refractivity contribution in [2.75, 3.05) is 44.8 Å². The fourth-order valence-electron chi connectivity index (χ4n) is 2.87. The highest BCUT2D eigenvalue weighted by molar-refractivity contribution is 5.46. The lowest BCUT2D eigenvalue weighted by Gasteiger charge is -2.31. The Morgan fingerprint density at radius 1 is 1.33 bits per heavy atom. The van der Waals surface area contributed by atoms with E-state index in [0.29, 0.717) is 17.6 Å². The number of pyridine rings is 1. The first kappa shape index (κ1) is 11.9. The smallest absolute Gasteiger partial charge is 0.164 e. The van der Waals surface area contributed by atoms with Crippen molar-refractivity contribution in [3.05, 3.63) is 24.3 Å². The van der Waals surface area contributed by atoms with Crippen molar-refractivity contribution in [3.63, 3.8) is 0 Å². The van der Waals surface area contributed by atoms with Crippen LogP contribution in [-0.2, 0) is 4.74 Å². The lowest BCUT2D eigenvalue weighted by Crippen LogP contribution is -2.42. The second-order valence-electron chi connectivity index (χ2n) is 5.23. The summed E-state index contributed by atoms with van der Waals surface area (Å²) in [5.74, 6) is 0.205. The van der Waals surface area contributed by atoms with Gasteiger partial charge in [0.25, 0.3) is 0 Å². The maximum absolute atomic E-state index is 13.8. The number of likely N-dealkylation sites (N-methyl/N-ethyl adjacent to an activating group) is 1. The molecule has 98 valence electrons. The highest BCUT2D eigenvalue weighted by atomic mass is 19.1. The second kappa shape index (κ2) is 4.82. The van der Waals surface area contributed by atoms with E-state index in [1.54, 1.807) is 12.3 Å². The van der Waals surface area contributed by atoms with E-state index in [4.69, 9.17) is 4.74 Å². The van der Waals surface area contributed by atoms with Crippen LogP contribution in [0.1, 0.15) is 0 Å². The summed E-state index contributed by atoms with van der Waals surface area (Å²) in [6, 6.07) is 2.10. The third kappa shape index (κ3) is 2.20. The molecule has 2 atom stereocenters. The van der Waals surface area contributed by atoms with Gasteiger partial charge in [-0.15, -0.1) is 0 Å². The minimum Gasteiger partial charge on any atom is -0.379 e. The molecule has 2 fully saturated rings. The van der Waals surface area contributed by atoms with Crippen molar-refractivity contribution < 1.29 is 9.13 Å². The van der Waals surface area contributed by atoms with Crippen LogP contribution in [0.2, 0.25) is 0 Å². The lowest BCUT2D eigenvalue weighted by molar-refractivity contribution is 0.0930. The van der Waals surface area contributed by atoms with E-state index in [1.807, 2.05) is 0 Å². The Labute approximate surface area is 106 Å². The van der Waals surface area contributed by atoms with Crippen LogP contribution in [0.25, 0.3) is 0 Å². The molecule has 0 unspecified atom stereocenters. The summed E-state index contributed by atoms with van der Waals surface area (Å²) in [7, 11) is 2.12. The summed E-state index contributed by atoms with van der Waals surface area (Å²) in [4.78, 5) is 8.28. The van der Waals surface area contributed by atoms with Gasteiger partial charge in [0, 0.05) is 31.7 Å². The minimum atomic E-state index is -0.235. The van der Waals surface area contributed by atoms with Gasteiger partial charge in [-0.05, 0) is 13.1 Å². The van der Waals surface area contributed by atoms with E-state index in [1.165, 1.54) is 6.20 Å². The summed E-state index contributed by atoms with van der Waals surface area (Å²) in [5, 5.41) is 0. The Morgan fingerprint density at radius 2 is 2.22 bits per heavy atom. The molecule has 0 N–H and O–H groups in total. The molecule has 18 heavy (non-hydrogen) atoms. The van der Waals surface area contributed by atoms with Crippen molar-refractivity contribution >= 4 is 5.69 Å². The Hall–Kier alpha value is -1.20. The topological polar surface area (TPSA) is 28.6 Å². The van der Waals surface area contributed by atoms with Crippen molar-refractivity contribution in [2.45, 2.75) is 6.04 Å². The fourth-order valence-corrected chi connectivity index (χ4v) is 2.87. The number of ether oxygens (including phenoxy) is 1. The minimum absolute atomic E-state index is 0.235. The molecule has 2 saturated heterocycles. The van der Waals surface area contributed by atoms with Gasteiger partial charge in [0.05, 0.1) is 31.1 Å². The number of nitrogens with zero attached hydrogens (tertiary/aromatic N) is 3. The summed E-state index contributed by atoms with van der Waals surface area (Å²) >= 11 is 0. The van der Waals surface area contributed by atoms with Gasteiger partial charge in [-0.2, -0.15) is 0 Å². The highest BCUT2D eigenvalue weighted by Gasteiger charge is 2.32. The molecule has 0 aliphatic carbocycles. The van der Waals surface area contributed by atoms with Gasteiger partial charge in [0.15, 0.2) is 5.82 Å². The standard InChI is InChI=1S/C13H18FN3O/c1-16-5-10-6-17(7-11(16)9-18-8-10)13-2-3-15-4-12(13)14/h2-4,10-11H,5-9H2,1H3/t10-,11+/m1/s1. The van der Waals surface area contributed by atoms with E-state index in [9.17, 15) is 4.39 Å². The van der Waals surface area contributed by atoms with Crippen LogP contribution in [0.3, 0.4) is 0 Å². The van der Waals surface area contributed by atoms with Gasteiger partial charge in [-0.3, -0.25) is 9.88 Å². The summed E-state index contributed by atoms with van der Waals surface area (Å²) in [6.45, 7) is 4.18.